The molecule has 8 heteroatoms. The summed E-state index contributed by atoms with van der Waals surface area (Å²) in [4.78, 5) is 12.7. The highest BCUT2D eigenvalue weighted by Gasteiger charge is 2.33. The lowest BCUT2D eigenvalue weighted by molar-refractivity contribution is -0.125. The van der Waals surface area contributed by atoms with E-state index >= 15 is 0 Å². The molecule has 0 bridgehead atoms. The predicted octanol–water partition coefficient (Wildman–Crippen LogP) is 1.55. The van der Waals surface area contributed by atoms with Gasteiger partial charge in [-0.3, -0.25) is 4.79 Å². The number of benzene rings is 1. The highest BCUT2D eigenvalue weighted by atomic mass is 35.5. The highest BCUT2D eigenvalue weighted by molar-refractivity contribution is 7.88. The largest absolute Gasteiger partial charge is 0.331 e. The van der Waals surface area contributed by atoms with E-state index in [1.165, 1.54) is 11.0 Å². The van der Waals surface area contributed by atoms with Crippen molar-refractivity contribution >= 4 is 39.1 Å². The van der Waals surface area contributed by atoms with Crippen molar-refractivity contribution < 1.29 is 13.2 Å². The van der Waals surface area contributed by atoms with Gasteiger partial charge in [-0.25, -0.2) is 8.42 Å². The molecule has 2 rings (SSSR count). The summed E-state index contributed by atoms with van der Waals surface area (Å²) in [5.41, 5.74) is 0.538. The number of sulfonamides is 1. The molecule has 0 aromatic heterocycles. The second-order valence-electron chi connectivity index (χ2n) is 4.35. The molecule has 0 saturated carbocycles. The van der Waals surface area contributed by atoms with Crippen LogP contribution in [-0.2, 0) is 20.6 Å². The summed E-state index contributed by atoms with van der Waals surface area (Å²) in [5.74, 6) is -0.414. The van der Waals surface area contributed by atoms with Gasteiger partial charge in [0.2, 0.25) is 15.9 Å². The second-order valence-corrected chi connectivity index (χ2v) is 7.13. The van der Waals surface area contributed by atoms with Gasteiger partial charge in [0.15, 0.2) is 0 Å². The van der Waals surface area contributed by atoms with Crippen LogP contribution in [0.3, 0.4) is 0 Å². The van der Waals surface area contributed by atoms with E-state index in [2.05, 4.69) is 0 Å². The smallest absolute Gasteiger partial charge is 0.238 e. The van der Waals surface area contributed by atoms with Gasteiger partial charge >= 0.3 is 0 Å². The third-order valence-corrected chi connectivity index (χ3v) is 5.30. The summed E-state index contributed by atoms with van der Waals surface area (Å²) in [5, 5.41) is 0.683. The molecule has 1 fully saturated rings. The molecule has 0 spiro atoms. The molecular weight excluding hydrogens is 311 g/mol. The molecule has 1 amide bonds. The molecule has 1 saturated heterocycles. The van der Waals surface area contributed by atoms with Crippen LogP contribution in [0.15, 0.2) is 18.2 Å². The normalized spacial score (nSPS) is 17.2. The van der Waals surface area contributed by atoms with Crippen molar-refractivity contribution in [2.75, 3.05) is 20.3 Å². The molecule has 1 aliphatic rings. The van der Waals surface area contributed by atoms with Crippen molar-refractivity contribution in [1.82, 2.24) is 9.21 Å². The third kappa shape index (κ3) is 3.20. The number of carbonyl (C=O) groups is 1. The van der Waals surface area contributed by atoms with E-state index in [1.807, 2.05) is 0 Å². The Labute approximate surface area is 121 Å². The van der Waals surface area contributed by atoms with E-state index in [-0.39, 0.29) is 24.9 Å². The number of likely N-dealkylation sites (N-methyl/N-ethyl adjacent to an activating group) is 1. The van der Waals surface area contributed by atoms with Crippen LogP contribution in [0, 0.1) is 0 Å². The quantitative estimate of drug-likeness (QED) is 0.848. The Hall–Kier alpha value is -0.820. The summed E-state index contributed by atoms with van der Waals surface area (Å²) >= 11 is 11.6. The van der Waals surface area contributed by atoms with Crippen LogP contribution < -0.4 is 0 Å². The maximum Gasteiger partial charge on any atom is 0.238 e. The Morgan fingerprint density at radius 3 is 2.47 bits per heavy atom. The van der Waals surface area contributed by atoms with E-state index in [0.717, 1.165) is 4.31 Å². The van der Waals surface area contributed by atoms with Crippen LogP contribution in [0.25, 0.3) is 0 Å². The lowest BCUT2D eigenvalue weighted by Gasteiger charge is -2.15. The number of halogens is 2. The Bertz CT molecular complexity index is 618. The highest BCUT2D eigenvalue weighted by Crippen LogP contribution is 2.24. The molecule has 1 heterocycles. The number of hydrogen-bond acceptors (Lipinski definition) is 3. The van der Waals surface area contributed by atoms with Crippen molar-refractivity contribution in [3.05, 3.63) is 33.8 Å². The molecule has 0 atom stereocenters. The topological polar surface area (TPSA) is 57.7 Å². The van der Waals surface area contributed by atoms with E-state index in [4.69, 9.17) is 23.2 Å². The molecule has 1 aromatic carbocycles. The zero-order valence-corrected chi connectivity index (χ0v) is 12.5. The Kier molecular flexibility index (Phi) is 4.06. The fourth-order valence-corrected chi connectivity index (χ4v) is 3.52. The summed E-state index contributed by atoms with van der Waals surface area (Å²) in [7, 11) is -1.97. The molecule has 19 heavy (non-hydrogen) atoms. The van der Waals surface area contributed by atoms with Gasteiger partial charge in [-0.15, -0.1) is 0 Å². The van der Waals surface area contributed by atoms with Gasteiger partial charge in [0, 0.05) is 7.05 Å². The molecule has 1 aliphatic heterocycles. The van der Waals surface area contributed by atoms with Crippen molar-refractivity contribution in [3.8, 4) is 0 Å². The van der Waals surface area contributed by atoms with E-state index in [9.17, 15) is 13.2 Å². The molecule has 104 valence electrons. The molecule has 0 unspecified atom stereocenters. The van der Waals surface area contributed by atoms with Crippen LogP contribution >= 0.6 is 23.2 Å². The molecule has 0 aliphatic carbocycles. The van der Waals surface area contributed by atoms with Gasteiger partial charge in [-0.05, 0) is 17.7 Å². The summed E-state index contributed by atoms with van der Waals surface area (Å²) < 4.78 is 25.5. The van der Waals surface area contributed by atoms with E-state index in [0.29, 0.717) is 15.6 Å². The first-order valence-electron chi connectivity index (χ1n) is 5.45. The third-order valence-electron chi connectivity index (χ3n) is 2.83. The molecule has 0 N–H and O–H groups in total. The zero-order valence-electron chi connectivity index (χ0n) is 10.1. The Morgan fingerprint density at radius 1 is 1.26 bits per heavy atom. The molecule has 1 aromatic rings. The number of hydrogen-bond donors (Lipinski definition) is 0. The Morgan fingerprint density at radius 2 is 1.95 bits per heavy atom. The number of nitrogens with zero attached hydrogens (tertiary/aromatic N) is 2. The minimum atomic E-state index is -3.54. The average Bonchev–Trinajstić information content (AvgIpc) is 2.65. The maximum absolute atomic E-state index is 12.2. The summed E-state index contributed by atoms with van der Waals surface area (Å²) in [6, 6.07) is 4.67. The standard InChI is InChI=1S/C11H12Cl2N2O3S/c1-14-7-15(5-11(14)16)19(17,18)6-8-2-3-9(12)10(13)4-8/h2-4H,5-7H2,1H3. The van der Waals surface area contributed by atoms with Crippen molar-refractivity contribution in [3.63, 3.8) is 0 Å². The van der Waals surface area contributed by atoms with Crippen LogP contribution in [0.1, 0.15) is 5.56 Å². The molecule has 5 nitrogen and oxygen atoms in total. The van der Waals surface area contributed by atoms with Gasteiger partial charge in [0.1, 0.15) is 0 Å². The van der Waals surface area contributed by atoms with Gasteiger partial charge < -0.3 is 4.90 Å². The average molecular weight is 323 g/mol. The van der Waals surface area contributed by atoms with Gasteiger partial charge in [-0.2, -0.15) is 4.31 Å². The number of amides is 1. The second kappa shape index (κ2) is 5.28. The first-order valence-corrected chi connectivity index (χ1v) is 7.82. The fourth-order valence-electron chi connectivity index (χ4n) is 1.75. The minimum absolute atomic E-state index is 0.0858. The van der Waals surface area contributed by atoms with Crippen molar-refractivity contribution in [2.24, 2.45) is 0 Å². The first-order chi connectivity index (χ1) is 8.79. The van der Waals surface area contributed by atoms with Crippen LogP contribution in [-0.4, -0.2) is 43.8 Å². The van der Waals surface area contributed by atoms with Gasteiger partial charge in [-0.1, -0.05) is 29.3 Å². The SMILES string of the molecule is CN1CN(S(=O)(=O)Cc2ccc(Cl)c(Cl)c2)CC1=O. The fraction of sp³-hybridized carbons (Fsp3) is 0.364. The van der Waals surface area contributed by atoms with Crippen molar-refractivity contribution in [2.45, 2.75) is 5.75 Å². The minimum Gasteiger partial charge on any atom is -0.331 e. The first kappa shape index (κ1) is 14.6. The maximum atomic E-state index is 12.2. The zero-order chi connectivity index (χ0) is 14.2. The monoisotopic (exact) mass is 322 g/mol. The lowest BCUT2D eigenvalue weighted by atomic mass is 10.2. The van der Waals surface area contributed by atoms with E-state index < -0.39 is 10.0 Å². The van der Waals surface area contributed by atoms with Gasteiger partial charge in [0.25, 0.3) is 0 Å². The van der Waals surface area contributed by atoms with E-state index in [1.54, 1.807) is 19.2 Å². The Balaban J connectivity index is 2.17. The van der Waals surface area contributed by atoms with Gasteiger partial charge in [0.05, 0.1) is 29.0 Å². The van der Waals surface area contributed by atoms with Crippen LogP contribution in [0.4, 0.5) is 0 Å². The molecule has 0 radical (unpaired) electrons. The van der Waals surface area contributed by atoms with Crippen molar-refractivity contribution in [1.29, 1.82) is 0 Å². The summed E-state index contributed by atoms with van der Waals surface area (Å²) in [6.45, 7) is -0.0252. The lowest BCUT2D eigenvalue weighted by Crippen LogP contribution is -2.31. The van der Waals surface area contributed by atoms with Crippen LogP contribution in [0.5, 0.6) is 0 Å². The van der Waals surface area contributed by atoms with Crippen LogP contribution in [0.2, 0.25) is 10.0 Å². The number of carbonyl (C=O) groups excluding carboxylic acids is 1. The number of rotatable bonds is 3. The molecular formula is C11H12Cl2N2O3S. The predicted molar refractivity (Wildman–Crippen MR) is 73.4 cm³/mol. The summed E-state index contributed by atoms with van der Waals surface area (Å²) in [6.07, 6.45) is 0.